The van der Waals surface area contributed by atoms with Crippen LogP contribution in [0.4, 0.5) is 0 Å². The summed E-state index contributed by atoms with van der Waals surface area (Å²) in [5, 5.41) is 0. The van der Waals surface area contributed by atoms with E-state index in [0.717, 1.165) is 29.2 Å². The molecule has 80 valence electrons. The zero-order valence-corrected chi connectivity index (χ0v) is 9.72. The van der Waals surface area contributed by atoms with Gasteiger partial charge >= 0.3 is 0 Å². The largest absolute Gasteiger partial charge is 0.294 e. The van der Waals surface area contributed by atoms with Crippen LogP contribution in [0, 0.1) is 19.3 Å². The number of nitrogens with zero attached hydrogens (tertiary/aromatic N) is 2. The SMILES string of the molecule is Cc1nc(C)c2c(n1)CC(C)(C)CC2=O. The molecule has 0 spiro atoms. The van der Waals surface area contributed by atoms with E-state index in [0.29, 0.717) is 6.42 Å². The lowest BCUT2D eigenvalue weighted by Gasteiger charge is -2.29. The van der Waals surface area contributed by atoms with Crippen molar-refractivity contribution in [2.75, 3.05) is 0 Å². The number of fused-ring (bicyclic) bond motifs is 1. The van der Waals surface area contributed by atoms with Crippen LogP contribution in [0.5, 0.6) is 0 Å². The van der Waals surface area contributed by atoms with Crippen molar-refractivity contribution in [2.45, 2.75) is 40.5 Å². The second-order valence-corrected chi connectivity index (χ2v) is 5.12. The molecule has 0 radical (unpaired) electrons. The molecule has 0 unspecified atom stereocenters. The van der Waals surface area contributed by atoms with Crippen molar-refractivity contribution in [1.29, 1.82) is 0 Å². The van der Waals surface area contributed by atoms with E-state index in [1.807, 2.05) is 13.8 Å². The fourth-order valence-corrected chi connectivity index (χ4v) is 2.31. The molecule has 1 aliphatic rings. The van der Waals surface area contributed by atoms with Crippen LogP contribution < -0.4 is 0 Å². The first kappa shape index (κ1) is 10.3. The van der Waals surface area contributed by atoms with Crippen molar-refractivity contribution in [1.82, 2.24) is 9.97 Å². The van der Waals surface area contributed by atoms with Gasteiger partial charge in [0.2, 0.25) is 0 Å². The van der Waals surface area contributed by atoms with Gasteiger partial charge in [0.15, 0.2) is 5.78 Å². The number of aryl methyl sites for hydroxylation is 2. The van der Waals surface area contributed by atoms with E-state index in [4.69, 9.17) is 0 Å². The van der Waals surface area contributed by atoms with Gasteiger partial charge in [-0.25, -0.2) is 9.97 Å². The Hall–Kier alpha value is -1.25. The minimum absolute atomic E-state index is 0.0390. The Morgan fingerprint density at radius 2 is 1.80 bits per heavy atom. The summed E-state index contributed by atoms with van der Waals surface area (Å²) < 4.78 is 0. The minimum atomic E-state index is 0.0390. The van der Waals surface area contributed by atoms with Gasteiger partial charge in [0.1, 0.15) is 5.82 Å². The van der Waals surface area contributed by atoms with Crippen LogP contribution in [-0.4, -0.2) is 15.8 Å². The average molecular weight is 204 g/mol. The topological polar surface area (TPSA) is 42.9 Å². The third-order valence-corrected chi connectivity index (χ3v) is 2.84. The van der Waals surface area contributed by atoms with Crippen molar-refractivity contribution in [3.63, 3.8) is 0 Å². The van der Waals surface area contributed by atoms with Gasteiger partial charge in [-0.05, 0) is 25.7 Å². The molecule has 0 saturated heterocycles. The molecule has 0 amide bonds. The Bertz CT molecular complexity index is 435. The number of hydrogen-bond acceptors (Lipinski definition) is 3. The van der Waals surface area contributed by atoms with Gasteiger partial charge in [0, 0.05) is 6.42 Å². The van der Waals surface area contributed by atoms with Crippen LogP contribution >= 0.6 is 0 Å². The van der Waals surface area contributed by atoms with E-state index in [9.17, 15) is 4.79 Å². The van der Waals surface area contributed by atoms with Gasteiger partial charge in [-0.15, -0.1) is 0 Å². The molecule has 0 atom stereocenters. The van der Waals surface area contributed by atoms with Crippen LogP contribution in [0.2, 0.25) is 0 Å². The molecule has 0 bridgehead atoms. The number of rotatable bonds is 0. The lowest BCUT2D eigenvalue weighted by Crippen LogP contribution is -2.29. The Morgan fingerprint density at radius 3 is 2.47 bits per heavy atom. The summed E-state index contributed by atoms with van der Waals surface area (Å²) >= 11 is 0. The summed E-state index contributed by atoms with van der Waals surface area (Å²) in [5.41, 5.74) is 2.57. The zero-order valence-electron chi connectivity index (χ0n) is 9.72. The first-order chi connectivity index (χ1) is 6.89. The van der Waals surface area contributed by atoms with Crippen LogP contribution in [0.1, 0.15) is 47.8 Å². The standard InChI is InChI=1S/C12H16N2O/c1-7-11-9(14-8(2)13-7)5-12(3,4)6-10(11)15/h5-6H2,1-4H3. The lowest BCUT2D eigenvalue weighted by molar-refractivity contribution is 0.0908. The number of ketones is 1. The van der Waals surface area contributed by atoms with Crippen molar-refractivity contribution in [2.24, 2.45) is 5.41 Å². The second kappa shape index (κ2) is 3.12. The van der Waals surface area contributed by atoms with E-state index in [1.54, 1.807) is 0 Å². The highest BCUT2D eigenvalue weighted by atomic mass is 16.1. The van der Waals surface area contributed by atoms with Crippen molar-refractivity contribution >= 4 is 5.78 Å². The van der Waals surface area contributed by atoms with E-state index >= 15 is 0 Å². The second-order valence-electron chi connectivity index (χ2n) is 5.12. The molecule has 3 heteroatoms. The number of carbonyl (C=O) groups is 1. The van der Waals surface area contributed by atoms with E-state index in [2.05, 4.69) is 23.8 Å². The maximum Gasteiger partial charge on any atom is 0.167 e. The molecule has 15 heavy (non-hydrogen) atoms. The first-order valence-corrected chi connectivity index (χ1v) is 5.26. The van der Waals surface area contributed by atoms with E-state index < -0.39 is 0 Å². The highest BCUT2D eigenvalue weighted by Crippen LogP contribution is 2.34. The van der Waals surface area contributed by atoms with Gasteiger partial charge in [-0.3, -0.25) is 4.79 Å². The molecule has 1 aromatic rings. The quantitative estimate of drug-likeness (QED) is 0.651. The van der Waals surface area contributed by atoms with Gasteiger partial charge in [-0.2, -0.15) is 0 Å². The first-order valence-electron chi connectivity index (χ1n) is 5.26. The predicted molar refractivity (Wildman–Crippen MR) is 57.9 cm³/mol. The van der Waals surface area contributed by atoms with Crippen LogP contribution in [-0.2, 0) is 6.42 Å². The molecular weight excluding hydrogens is 188 g/mol. The Morgan fingerprint density at radius 1 is 1.13 bits per heavy atom. The Kier molecular flexibility index (Phi) is 2.14. The number of aromatic nitrogens is 2. The van der Waals surface area contributed by atoms with Gasteiger partial charge < -0.3 is 0 Å². The highest BCUT2D eigenvalue weighted by molar-refractivity contribution is 5.99. The monoisotopic (exact) mass is 204 g/mol. The maximum absolute atomic E-state index is 12.0. The molecule has 0 fully saturated rings. The summed E-state index contributed by atoms with van der Waals surface area (Å²) in [7, 11) is 0. The average Bonchev–Trinajstić information content (AvgIpc) is 1.97. The van der Waals surface area contributed by atoms with Crippen LogP contribution in [0.3, 0.4) is 0 Å². The fourth-order valence-electron chi connectivity index (χ4n) is 2.31. The van der Waals surface area contributed by atoms with Crippen molar-refractivity contribution in [3.8, 4) is 0 Å². The summed E-state index contributed by atoms with van der Waals surface area (Å²) in [6.45, 7) is 7.99. The van der Waals surface area contributed by atoms with E-state index in [1.165, 1.54) is 0 Å². The molecule has 0 aliphatic heterocycles. The maximum atomic E-state index is 12.0. The zero-order chi connectivity index (χ0) is 11.2. The summed E-state index contributed by atoms with van der Waals surface area (Å²) in [6.07, 6.45) is 1.48. The smallest absolute Gasteiger partial charge is 0.167 e. The predicted octanol–water partition coefficient (Wildman–Crippen LogP) is 2.25. The molecule has 2 rings (SSSR count). The number of hydrogen-bond donors (Lipinski definition) is 0. The molecule has 1 aliphatic carbocycles. The molecule has 0 saturated carbocycles. The Labute approximate surface area is 89.9 Å². The van der Waals surface area contributed by atoms with Gasteiger partial charge in [-0.1, -0.05) is 13.8 Å². The third-order valence-electron chi connectivity index (χ3n) is 2.84. The van der Waals surface area contributed by atoms with Gasteiger partial charge in [0.25, 0.3) is 0 Å². The molecule has 1 heterocycles. The molecule has 1 aromatic heterocycles. The minimum Gasteiger partial charge on any atom is -0.294 e. The van der Waals surface area contributed by atoms with Crippen LogP contribution in [0.15, 0.2) is 0 Å². The summed E-state index contributed by atoms with van der Waals surface area (Å²) in [5.74, 6) is 0.954. The third kappa shape index (κ3) is 1.78. The molecule has 0 N–H and O–H groups in total. The summed E-state index contributed by atoms with van der Waals surface area (Å²) in [4.78, 5) is 20.6. The molecular formula is C12H16N2O. The lowest BCUT2D eigenvalue weighted by atomic mass is 9.75. The molecule has 0 aromatic carbocycles. The van der Waals surface area contributed by atoms with E-state index in [-0.39, 0.29) is 11.2 Å². The number of carbonyl (C=O) groups excluding carboxylic acids is 1. The van der Waals surface area contributed by atoms with Gasteiger partial charge in [0.05, 0.1) is 17.0 Å². The summed E-state index contributed by atoms with van der Waals surface area (Å²) in [6, 6.07) is 0. The normalized spacial score (nSPS) is 18.8. The highest BCUT2D eigenvalue weighted by Gasteiger charge is 2.33. The number of Topliss-reactive ketones (excluding diaryl/α,β-unsaturated/α-hetero) is 1. The van der Waals surface area contributed by atoms with Crippen molar-refractivity contribution in [3.05, 3.63) is 22.8 Å². The molecule has 3 nitrogen and oxygen atoms in total. The van der Waals surface area contributed by atoms with Crippen LogP contribution in [0.25, 0.3) is 0 Å². The Balaban J connectivity index is 2.60. The fraction of sp³-hybridized carbons (Fsp3) is 0.583. The van der Waals surface area contributed by atoms with Crippen molar-refractivity contribution < 1.29 is 4.79 Å².